The number of amides is 2. The van der Waals surface area contributed by atoms with Crippen molar-refractivity contribution in [2.75, 3.05) is 5.32 Å². The van der Waals surface area contributed by atoms with Crippen LogP contribution in [0.2, 0.25) is 10.0 Å². The molecule has 3 rings (SSSR count). The predicted molar refractivity (Wildman–Crippen MR) is 109 cm³/mol. The summed E-state index contributed by atoms with van der Waals surface area (Å²) in [6, 6.07) is 8.58. The Bertz CT molecular complexity index is 884. The lowest BCUT2D eigenvalue weighted by molar-refractivity contribution is -0.122. The molecule has 1 aliphatic rings. The molecule has 0 aliphatic carbocycles. The molecule has 1 aliphatic heterocycles. The molecule has 1 unspecified atom stereocenters. The number of nitrogens with one attached hydrogen (secondary N) is 2. The van der Waals surface area contributed by atoms with E-state index < -0.39 is 5.25 Å². The largest absolute Gasteiger partial charge is 0.325 e. The summed E-state index contributed by atoms with van der Waals surface area (Å²) in [5.41, 5.74) is 0.443. The van der Waals surface area contributed by atoms with E-state index in [1.54, 1.807) is 18.3 Å². The monoisotopic (exact) mass is 426 g/mol. The molecule has 2 amide bonds. The molecular formula is C16H12Cl2N4O2S2. The molecule has 10 heteroatoms. The van der Waals surface area contributed by atoms with Crippen LogP contribution >= 0.6 is 46.3 Å². The first-order chi connectivity index (χ1) is 12.5. The quantitative estimate of drug-likeness (QED) is 0.559. The molecule has 2 heterocycles. The van der Waals surface area contributed by atoms with E-state index in [0.717, 1.165) is 4.88 Å². The van der Waals surface area contributed by atoms with Crippen molar-refractivity contribution in [1.82, 2.24) is 5.32 Å². The predicted octanol–water partition coefficient (Wildman–Crippen LogP) is 4.01. The van der Waals surface area contributed by atoms with Gasteiger partial charge in [0.2, 0.25) is 11.8 Å². The summed E-state index contributed by atoms with van der Waals surface area (Å²) in [6.45, 7) is 0. The van der Waals surface area contributed by atoms with Crippen LogP contribution in [-0.2, 0) is 9.59 Å². The molecule has 1 aromatic heterocycles. The second kappa shape index (κ2) is 8.68. The van der Waals surface area contributed by atoms with E-state index in [1.807, 2.05) is 17.5 Å². The number of thioether (sulfide) groups is 1. The number of thiophene rings is 1. The van der Waals surface area contributed by atoms with Crippen molar-refractivity contribution in [3.8, 4) is 0 Å². The fourth-order valence-electron chi connectivity index (χ4n) is 2.05. The van der Waals surface area contributed by atoms with Gasteiger partial charge in [-0.1, -0.05) is 41.0 Å². The average molecular weight is 427 g/mol. The third kappa shape index (κ3) is 5.07. The first kappa shape index (κ1) is 18.9. The lowest BCUT2D eigenvalue weighted by Crippen LogP contribution is -2.28. The highest BCUT2D eigenvalue weighted by Crippen LogP contribution is 2.27. The molecule has 0 spiro atoms. The zero-order chi connectivity index (χ0) is 18.5. The lowest BCUT2D eigenvalue weighted by atomic mass is 10.2. The summed E-state index contributed by atoms with van der Waals surface area (Å²) >= 11 is 14.5. The van der Waals surface area contributed by atoms with Gasteiger partial charge in [0.1, 0.15) is 5.25 Å². The maximum atomic E-state index is 12.2. The van der Waals surface area contributed by atoms with Crippen LogP contribution in [-0.4, -0.2) is 28.4 Å². The van der Waals surface area contributed by atoms with Gasteiger partial charge in [-0.3, -0.25) is 9.59 Å². The van der Waals surface area contributed by atoms with Crippen molar-refractivity contribution in [2.45, 2.75) is 11.7 Å². The Balaban J connectivity index is 1.56. The first-order valence-corrected chi connectivity index (χ1v) is 9.90. The molecule has 134 valence electrons. The maximum Gasteiger partial charge on any atom is 0.240 e. The van der Waals surface area contributed by atoms with Gasteiger partial charge in [-0.05, 0) is 29.6 Å². The Hall–Kier alpha value is -1.87. The van der Waals surface area contributed by atoms with Gasteiger partial charge in [0, 0.05) is 16.3 Å². The van der Waals surface area contributed by atoms with Gasteiger partial charge >= 0.3 is 0 Å². The molecule has 1 atom stereocenters. The molecule has 1 fully saturated rings. The van der Waals surface area contributed by atoms with Crippen LogP contribution in [0.15, 0.2) is 45.9 Å². The van der Waals surface area contributed by atoms with Crippen molar-refractivity contribution in [3.05, 3.63) is 50.6 Å². The number of rotatable bonds is 5. The number of benzene rings is 1. The average Bonchev–Trinajstić information content (AvgIpc) is 3.21. The van der Waals surface area contributed by atoms with E-state index in [4.69, 9.17) is 23.2 Å². The first-order valence-electron chi connectivity index (χ1n) is 7.38. The molecule has 26 heavy (non-hydrogen) atoms. The molecule has 0 radical (unpaired) electrons. The van der Waals surface area contributed by atoms with E-state index in [0.29, 0.717) is 20.9 Å². The van der Waals surface area contributed by atoms with Crippen LogP contribution in [0.4, 0.5) is 5.69 Å². The smallest absolute Gasteiger partial charge is 0.240 e. The number of hydrogen-bond acceptors (Lipinski definition) is 6. The van der Waals surface area contributed by atoms with Crippen molar-refractivity contribution in [2.24, 2.45) is 10.2 Å². The van der Waals surface area contributed by atoms with E-state index in [9.17, 15) is 9.59 Å². The highest BCUT2D eigenvalue weighted by atomic mass is 35.5. The van der Waals surface area contributed by atoms with Crippen LogP contribution in [0.3, 0.4) is 0 Å². The van der Waals surface area contributed by atoms with Gasteiger partial charge in [0.25, 0.3) is 0 Å². The molecule has 1 aromatic carbocycles. The third-order valence-electron chi connectivity index (χ3n) is 3.23. The van der Waals surface area contributed by atoms with Gasteiger partial charge in [0.15, 0.2) is 5.17 Å². The van der Waals surface area contributed by atoms with Crippen LogP contribution in [0, 0.1) is 0 Å². The maximum absolute atomic E-state index is 12.2. The van der Waals surface area contributed by atoms with E-state index in [1.165, 1.54) is 29.2 Å². The Labute approximate surface area is 167 Å². The Morgan fingerprint density at radius 3 is 2.92 bits per heavy atom. The summed E-state index contributed by atoms with van der Waals surface area (Å²) in [6.07, 6.45) is 1.59. The second-order valence-corrected chi connectivity index (χ2v) is 8.15. The van der Waals surface area contributed by atoms with Crippen LogP contribution < -0.4 is 10.6 Å². The SMILES string of the molecule is O=C(CC1S/C(=N/N=C\c2cccs2)NC1=O)Nc1ccc(Cl)cc1Cl. The van der Waals surface area contributed by atoms with Crippen molar-refractivity contribution in [1.29, 1.82) is 0 Å². The van der Waals surface area contributed by atoms with Crippen LogP contribution in [0.25, 0.3) is 0 Å². The highest BCUT2D eigenvalue weighted by molar-refractivity contribution is 8.15. The van der Waals surface area contributed by atoms with Crippen molar-refractivity contribution in [3.63, 3.8) is 0 Å². The van der Waals surface area contributed by atoms with Crippen molar-refractivity contribution < 1.29 is 9.59 Å². The third-order valence-corrected chi connectivity index (χ3v) is 5.66. The normalized spacial score (nSPS) is 18.5. The van der Waals surface area contributed by atoms with Gasteiger partial charge in [-0.2, -0.15) is 5.10 Å². The number of nitrogens with zero attached hydrogens (tertiary/aromatic N) is 2. The summed E-state index contributed by atoms with van der Waals surface area (Å²) in [5.74, 6) is -0.609. The summed E-state index contributed by atoms with van der Waals surface area (Å²) in [4.78, 5) is 25.1. The molecule has 2 aromatic rings. The summed E-state index contributed by atoms with van der Waals surface area (Å²) in [5, 5.41) is 15.7. The number of hydrogen-bond donors (Lipinski definition) is 2. The Morgan fingerprint density at radius 1 is 1.35 bits per heavy atom. The molecular weight excluding hydrogens is 415 g/mol. The minimum absolute atomic E-state index is 0.0108. The van der Waals surface area contributed by atoms with E-state index in [2.05, 4.69) is 20.8 Å². The molecule has 0 saturated carbocycles. The molecule has 1 saturated heterocycles. The van der Waals surface area contributed by atoms with Crippen molar-refractivity contribution >= 4 is 75.2 Å². The Morgan fingerprint density at radius 2 is 2.19 bits per heavy atom. The highest BCUT2D eigenvalue weighted by Gasteiger charge is 2.32. The number of carbonyl (C=O) groups excluding carboxylic acids is 2. The van der Waals surface area contributed by atoms with Crippen LogP contribution in [0.1, 0.15) is 11.3 Å². The van der Waals surface area contributed by atoms with Gasteiger partial charge in [-0.15, -0.1) is 16.4 Å². The Kier molecular flexibility index (Phi) is 6.31. The minimum atomic E-state index is -0.572. The lowest BCUT2D eigenvalue weighted by Gasteiger charge is -2.09. The second-order valence-electron chi connectivity index (χ2n) is 5.14. The standard InChI is InChI=1S/C16H12Cl2N4O2S2/c17-9-3-4-12(11(18)6-9)20-14(23)7-13-15(24)21-16(26-13)22-19-8-10-2-1-5-25-10/h1-6,8,13H,7H2,(H,20,23)(H,21,22,24)/b19-8-. The van der Waals surface area contributed by atoms with E-state index >= 15 is 0 Å². The number of carbonyl (C=O) groups is 2. The molecule has 6 nitrogen and oxygen atoms in total. The fourth-order valence-corrected chi connectivity index (χ4v) is 4.01. The zero-order valence-electron chi connectivity index (χ0n) is 13.1. The minimum Gasteiger partial charge on any atom is -0.325 e. The topological polar surface area (TPSA) is 82.9 Å². The molecule has 2 N–H and O–H groups in total. The van der Waals surface area contributed by atoms with Gasteiger partial charge in [-0.25, -0.2) is 0 Å². The zero-order valence-corrected chi connectivity index (χ0v) is 16.3. The van der Waals surface area contributed by atoms with Gasteiger partial charge in [0.05, 0.1) is 16.9 Å². The fraction of sp³-hybridized carbons (Fsp3) is 0.125. The van der Waals surface area contributed by atoms with Gasteiger partial charge < -0.3 is 10.6 Å². The number of halogens is 2. The number of anilines is 1. The van der Waals surface area contributed by atoms with E-state index in [-0.39, 0.29) is 18.2 Å². The van der Waals surface area contributed by atoms with Crippen LogP contribution in [0.5, 0.6) is 0 Å². The summed E-state index contributed by atoms with van der Waals surface area (Å²) in [7, 11) is 0. The summed E-state index contributed by atoms with van der Waals surface area (Å²) < 4.78 is 0. The molecule has 0 bridgehead atoms. The number of amidine groups is 1.